The van der Waals surface area contributed by atoms with E-state index in [0.717, 1.165) is 0 Å². The molecule has 4 heteroatoms. The molecule has 3 nitrogen and oxygen atoms in total. The molecule has 0 aliphatic heterocycles. The zero-order valence-corrected chi connectivity index (χ0v) is 7.48. The summed E-state index contributed by atoms with van der Waals surface area (Å²) in [5.74, 6) is -0.515. The van der Waals surface area contributed by atoms with Crippen LogP contribution in [-0.2, 0) is 9.59 Å². The standard InChI is InChI=1S/C7H12O3S/c1-3-6(7(9)10)11-4-5(2)8/h6H,3-4H2,1-2H3,(H,9,10). The molecule has 0 saturated carbocycles. The van der Waals surface area contributed by atoms with Crippen LogP contribution in [0.4, 0.5) is 0 Å². The molecule has 0 radical (unpaired) electrons. The molecule has 0 aromatic rings. The van der Waals surface area contributed by atoms with Gasteiger partial charge in [-0.3, -0.25) is 9.59 Å². The van der Waals surface area contributed by atoms with Gasteiger partial charge >= 0.3 is 5.97 Å². The predicted octanol–water partition coefficient (Wildman–Crippen LogP) is 1.17. The number of thioether (sulfide) groups is 1. The Balaban J connectivity index is 3.70. The van der Waals surface area contributed by atoms with Crippen molar-refractivity contribution in [2.75, 3.05) is 5.75 Å². The number of ketones is 1. The zero-order chi connectivity index (χ0) is 8.85. The van der Waals surface area contributed by atoms with Crippen LogP contribution in [0.25, 0.3) is 0 Å². The van der Waals surface area contributed by atoms with Crippen molar-refractivity contribution in [3.8, 4) is 0 Å². The quantitative estimate of drug-likeness (QED) is 0.683. The van der Waals surface area contributed by atoms with Gasteiger partial charge in [0.1, 0.15) is 11.0 Å². The molecular formula is C7H12O3S. The predicted molar refractivity (Wildman–Crippen MR) is 44.9 cm³/mol. The van der Waals surface area contributed by atoms with E-state index < -0.39 is 11.2 Å². The van der Waals surface area contributed by atoms with Crippen molar-refractivity contribution in [2.45, 2.75) is 25.5 Å². The lowest BCUT2D eigenvalue weighted by Gasteiger charge is -2.06. The summed E-state index contributed by atoms with van der Waals surface area (Å²) in [6, 6.07) is 0. The molecule has 1 unspecified atom stereocenters. The fourth-order valence-electron chi connectivity index (χ4n) is 0.582. The lowest BCUT2D eigenvalue weighted by Crippen LogP contribution is -2.16. The first-order chi connectivity index (χ1) is 5.07. The van der Waals surface area contributed by atoms with Gasteiger partial charge in [0.25, 0.3) is 0 Å². The third-order valence-corrected chi connectivity index (χ3v) is 2.64. The number of rotatable bonds is 5. The summed E-state index contributed by atoms with van der Waals surface area (Å²) in [6.45, 7) is 3.26. The average molecular weight is 176 g/mol. The maximum atomic E-state index is 10.5. The summed E-state index contributed by atoms with van der Waals surface area (Å²) in [7, 11) is 0. The van der Waals surface area contributed by atoms with Crippen molar-refractivity contribution in [3.63, 3.8) is 0 Å². The van der Waals surface area contributed by atoms with Crippen LogP contribution in [0.15, 0.2) is 0 Å². The van der Waals surface area contributed by atoms with E-state index in [4.69, 9.17) is 5.11 Å². The first-order valence-electron chi connectivity index (χ1n) is 3.41. The summed E-state index contributed by atoms with van der Waals surface area (Å²) in [4.78, 5) is 20.9. The highest BCUT2D eigenvalue weighted by Gasteiger charge is 2.15. The molecule has 0 amide bonds. The minimum absolute atomic E-state index is 0.0229. The molecule has 0 bridgehead atoms. The monoisotopic (exact) mass is 176 g/mol. The van der Waals surface area contributed by atoms with E-state index >= 15 is 0 Å². The maximum absolute atomic E-state index is 10.5. The molecule has 0 aliphatic carbocycles. The average Bonchev–Trinajstić information content (AvgIpc) is 1.87. The van der Waals surface area contributed by atoms with Crippen molar-refractivity contribution in [2.24, 2.45) is 0 Å². The number of aliphatic carboxylic acids is 1. The van der Waals surface area contributed by atoms with Gasteiger partial charge in [-0.25, -0.2) is 0 Å². The van der Waals surface area contributed by atoms with E-state index in [-0.39, 0.29) is 5.78 Å². The summed E-state index contributed by atoms with van der Waals surface area (Å²) in [5.41, 5.74) is 0. The van der Waals surface area contributed by atoms with E-state index in [1.807, 2.05) is 0 Å². The molecule has 0 saturated heterocycles. The summed E-state index contributed by atoms with van der Waals surface area (Å²) >= 11 is 1.19. The second-order valence-electron chi connectivity index (χ2n) is 2.25. The Morgan fingerprint density at radius 2 is 2.09 bits per heavy atom. The smallest absolute Gasteiger partial charge is 0.316 e. The Kier molecular flexibility index (Phi) is 4.94. The van der Waals surface area contributed by atoms with E-state index in [2.05, 4.69) is 0 Å². The fraction of sp³-hybridized carbons (Fsp3) is 0.714. The van der Waals surface area contributed by atoms with E-state index in [1.165, 1.54) is 18.7 Å². The number of carbonyl (C=O) groups excluding carboxylic acids is 1. The Hall–Kier alpha value is -0.510. The molecule has 0 spiro atoms. The van der Waals surface area contributed by atoms with Gasteiger partial charge in [0, 0.05) is 0 Å². The third-order valence-electron chi connectivity index (χ3n) is 1.13. The van der Waals surface area contributed by atoms with Gasteiger partial charge in [-0.05, 0) is 13.3 Å². The number of carboxylic acid groups (broad SMARTS) is 1. The Labute approximate surface area is 70.2 Å². The fourth-order valence-corrected chi connectivity index (χ4v) is 1.40. The van der Waals surface area contributed by atoms with Crippen LogP contribution in [0.1, 0.15) is 20.3 Å². The summed E-state index contributed by atoms with van der Waals surface area (Å²) in [5, 5.41) is 8.12. The zero-order valence-electron chi connectivity index (χ0n) is 6.66. The van der Waals surface area contributed by atoms with Crippen molar-refractivity contribution in [3.05, 3.63) is 0 Å². The first kappa shape index (κ1) is 10.5. The minimum atomic E-state index is -0.834. The number of Topliss-reactive ketones (excluding diaryl/α,β-unsaturated/α-hetero) is 1. The van der Waals surface area contributed by atoms with Crippen molar-refractivity contribution in [1.29, 1.82) is 0 Å². The number of carbonyl (C=O) groups is 2. The molecule has 0 rings (SSSR count). The Morgan fingerprint density at radius 3 is 2.36 bits per heavy atom. The van der Waals surface area contributed by atoms with Crippen molar-refractivity contribution in [1.82, 2.24) is 0 Å². The molecule has 11 heavy (non-hydrogen) atoms. The highest BCUT2D eigenvalue weighted by Crippen LogP contribution is 2.14. The van der Waals surface area contributed by atoms with Gasteiger partial charge in [0.05, 0.1) is 5.75 Å². The van der Waals surface area contributed by atoms with Crippen molar-refractivity contribution >= 4 is 23.5 Å². The summed E-state index contributed by atoms with van der Waals surface area (Å²) in [6.07, 6.45) is 0.563. The molecule has 0 fully saturated rings. The highest BCUT2D eigenvalue weighted by molar-refractivity contribution is 8.01. The third kappa shape index (κ3) is 4.84. The minimum Gasteiger partial charge on any atom is -0.480 e. The second kappa shape index (κ2) is 5.18. The van der Waals surface area contributed by atoms with Crippen LogP contribution < -0.4 is 0 Å². The lowest BCUT2D eigenvalue weighted by atomic mass is 10.3. The van der Waals surface area contributed by atoms with Gasteiger partial charge in [-0.1, -0.05) is 6.92 Å². The highest BCUT2D eigenvalue weighted by atomic mass is 32.2. The number of carboxylic acids is 1. The van der Waals surface area contributed by atoms with Gasteiger partial charge < -0.3 is 5.11 Å². The van der Waals surface area contributed by atoms with Crippen LogP contribution in [0, 0.1) is 0 Å². The van der Waals surface area contributed by atoms with Crippen molar-refractivity contribution < 1.29 is 14.7 Å². The normalized spacial score (nSPS) is 12.5. The molecule has 1 atom stereocenters. The SMILES string of the molecule is CCC(SCC(C)=O)C(=O)O. The van der Waals surface area contributed by atoms with Crippen LogP contribution in [0.3, 0.4) is 0 Å². The van der Waals surface area contributed by atoms with E-state index in [9.17, 15) is 9.59 Å². The maximum Gasteiger partial charge on any atom is 0.316 e. The number of hydrogen-bond acceptors (Lipinski definition) is 3. The Morgan fingerprint density at radius 1 is 1.55 bits per heavy atom. The largest absolute Gasteiger partial charge is 0.480 e. The van der Waals surface area contributed by atoms with Gasteiger partial charge in [-0.15, -0.1) is 11.8 Å². The molecular weight excluding hydrogens is 164 g/mol. The second-order valence-corrected chi connectivity index (χ2v) is 3.44. The molecule has 0 aliphatic rings. The van der Waals surface area contributed by atoms with Gasteiger partial charge in [-0.2, -0.15) is 0 Å². The van der Waals surface area contributed by atoms with Crippen LogP contribution in [0.5, 0.6) is 0 Å². The van der Waals surface area contributed by atoms with Crippen LogP contribution in [0.2, 0.25) is 0 Å². The Bertz CT molecular complexity index is 156. The first-order valence-corrected chi connectivity index (χ1v) is 4.46. The molecule has 0 heterocycles. The molecule has 1 N–H and O–H groups in total. The van der Waals surface area contributed by atoms with Crippen LogP contribution in [-0.4, -0.2) is 27.9 Å². The topological polar surface area (TPSA) is 54.4 Å². The molecule has 64 valence electrons. The van der Waals surface area contributed by atoms with E-state index in [1.54, 1.807) is 6.92 Å². The van der Waals surface area contributed by atoms with Gasteiger partial charge in [0.2, 0.25) is 0 Å². The van der Waals surface area contributed by atoms with Gasteiger partial charge in [0.15, 0.2) is 0 Å². The van der Waals surface area contributed by atoms with Crippen LogP contribution >= 0.6 is 11.8 Å². The molecule has 0 aromatic carbocycles. The number of hydrogen-bond donors (Lipinski definition) is 1. The van der Waals surface area contributed by atoms with E-state index in [0.29, 0.717) is 12.2 Å². The summed E-state index contributed by atoms with van der Waals surface area (Å²) < 4.78 is 0. The lowest BCUT2D eigenvalue weighted by molar-refractivity contribution is -0.136. The molecule has 0 aromatic heterocycles.